The van der Waals surface area contributed by atoms with E-state index in [-0.39, 0.29) is 0 Å². The smallest absolute Gasteiger partial charge is 0.175 e. The van der Waals surface area contributed by atoms with Crippen LogP contribution in [0.1, 0.15) is 5.56 Å². The summed E-state index contributed by atoms with van der Waals surface area (Å²) in [4.78, 5) is 1.22. The first-order valence-electron chi connectivity index (χ1n) is 6.07. The summed E-state index contributed by atoms with van der Waals surface area (Å²) in [6, 6.07) is 13.8. The summed E-state index contributed by atoms with van der Waals surface area (Å²) >= 11 is 13.1. The van der Waals surface area contributed by atoms with Crippen molar-refractivity contribution >= 4 is 52.1 Å². The van der Waals surface area contributed by atoms with Crippen LogP contribution in [-0.2, 0) is 0 Å². The number of anilines is 2. The number of benzene rings is 2. The number of thiocarbonyl (C=S) groups is 1. The molecule has 2 aromatic rings. The van der Waals surface area contributed by atoms with Crippen LogP contribution < -0.4 is 10.6 Å². The van der Waals surface area contributed by atoms with E-state index in [2.05, 4.69) is 29.0 Å². The van der Waals surface area contributed by atoms with Crippen molar-refractivity contribution in [2.24, 2.45) is 0 Å². The van der Waals surface area contributed by atoms with Crippen molar-refractivity contribution in [1.29, 1.82) is 0 Å². The Bertz CT molecular complexity index is 612. The van der Waals surface area contributed by atoms with E-state index in [4.69, 9.17) is 23.8 Å². The Kier molecular flexibility index (Phi) is 5.29. The Balaban J connectivity index is 2.03. The monoisotopic (exact) mass is 322 g/mol. The molecule has 0 aliphatic carbocycles. The van der Waals surface area contributed by atoms with Crippen LogP contribution in [0.5, 0.6) is 0 Å². The van der Waals surface area contributed by atoms with Crippen molar-refractivity contribution < 1.29 is 0 Å². The minimum absolute atomic E-state index is 0.548. The quantitative estimate of drug-likeness (QED) is 0.600. The van der Waals surface area contributed by atoms with Gasteiger partial charge >= 0.3 is 0 Å². The summed E-state index contributed by atoms with van der Waals surface area (Å²) in [7, 11) is 0. The molecule has 0 amide bonds. The molecule has 104 valence electrons. The zero-order valence-electron chi connectivity index (χ0n) is 11.2. The maximum absolute atomic E-state index is 6.08. The highest BCUT2D eigenvalue weighted by molar-refractivity contribution is 7.98. The van der Waals surface area contributed by atoms with Crippen molar-refractivity contribution in [2.45, 2.75) is 11.8 Å². The Hall–Kier alpha value is -1.23. The van der Waals surface area contributed by atoms with Crippen LogP contribution in [0.3, 0.4) is 0 Å². The van der Waals surface area contributed by atoms with Crippen LogP contribution in [0.2, 0.25) is 5.02 Å². The minimum Gasteiger partial charge on any atom is -0.332 e. The second-order valence-electron chi connectivity index (χ2n) is 4.22. The number of halogens is 1. The lowest BCUT2D eigenvalue weighted by Gasteiger charge is -2.13. The van der Waals surface area contributed by atoms with E-state index >= 15 is 0 Å². The first-order valence-corrected chi connectivity index (χ1v) is 8.08. The summed E-state index contributed by atoms with van der Waals surface area (Å²) in [5.41, 5.74) is 2.85. The molecule has 0 saturated carbocycles. The van der Waals surface area contributed by atoms with E-state index in [1.165, 1.54) is 4.90 Å². The average Bonchev–Trinajstić information content (AvgIpc) is 2.45. The van der Waals surface area contributed by atoms with Crippen LogP contribution in [0.15, 0.2) is 47.4 Å². The van der Waals surface area contributed by atoms with Gasteiger partial charge in [-0.05, 0) is 67.4 Å². The first kappa shape index (κ1) is 15.2. The van der Waals surface area contributed by atoms with Crippen LogP contribution in [0.25, 0.3) is 0 Å². The van der Waals surface area contributed by atoms with E-state index in [0.29, 0.717) is 5.11 Å². The molecule has 0 bridgehead atoms. The van der Waals surface area contributed by atoms with Gasteiger partial charge in [0, 0.05) is 21.3 Å². The zero-order chi connectivity index (χ0) is 14.5. The Labute approximate surface area is 133 Å². The highest BCUT2D eigenvalue weighted by Gasteiger charge is 2.04. The Morgan fingerprint density at radius 3 is 2.45 bits per heavy atom. The number of hydrogen-bond donors (Lipinski definition) is 2. The molecule has 2 nitrogen and oxygen atoms in total. The average molecular weight is 323 g/mol. The van der Waals surface area contributed by atoms with Gasteiger partial charge in [0.05, 0.1) is 0 Å². The molecule has 0 fully saturated rings. The molecule has 0 saturated heterocycles. The first-order chi connectivity index (χ1) is 9.60. The number of hydrogen-bond acceptors (Lipinski definition) is 2. The standard InChI is InChI=1S/C15H15ClN2S2/c1-10-13(16)4-3-5-14(10)18-15(19)17-11-6-8-12(20-2)9-7-11/h3-9H,1-2H3,(H2,17,18,19). The summed E-state index contributed by atoms with van der Waals surface area (Å²) in [6.07, 6.45) is 2.05. The highest BCUT2D eigenvalue weighted by atomic mass is 35.5. The third-order valence-corrected chi connectivity index (χ3v) is 4.22. The molecular formula is C15H15ClN2S2. The fourth-order valence-electron chi connectivity index (χ4n) is 1.70. The number of rotatable bonds is 3. The van der Waals surface area contributed by atoms with Crippen molar-refractivity contribution in [3.05, 3.63) is 53.1 Å². The molecule has 0 aliphatic heterocycles. The minimum atomic E-state index is 0.548. The second-order valence-corrected chi connectivity index (χ2v) is 5.92. The molecule has 0 aliphatic rings. The lowest BCUT2D eigenvalue weighted by Crippen LogP contribution is -2.19. The molecule has 0 heterocycles. The van der Waals surface area contributed by atoms with Crippen LogP contribution in [0, 0.1) is 6.92 Å². The van der Waals surface area contributed by atoms with Gasteiger partial charge < -0.3 is 10.6 Å². The summed E-state index contributed by atoms with van der Waals surface area (Å²) in [6.45, 7) is 1.96. The predicted molar refractivity (Wildman–Crippen MR) is 94.3 cm³/mol. The molecule has 0 unspecified atom stereocenters. The van der Waals surface area contributed by atoms with Crippen LogP contribution >= 0.6 is 35.6 Å². The fraction of sp³-hybridized carbons (Fsp3) is 0.133. The van der Waals surface area contributed by atoms with Gasteiger partial charge in [0.25, 0.3) is 0 Å². The van der Waals surface area contributed by atoms with Gasteiger partial charge in [-0.1, -0.05) is 17.7 Å². The Morgan fingerprint density at radius 1 is 1.10 bits per heavy atom. The van der Waals surface area contributed by atoms with Gasteiger partial charge in [-0.3, -0.25) is 0 Å². The van der Waals surface area contributed by atoms with Gasteiger partial charge in [-0.25, -0.2) is 0 Å². The van der Waals surface area contributed by atoms with Gasteiger partial charge in [0.1, 0.15) is 0 Å². The van der Waals surface area contributed by atoms with Gasteiger partial charge in [0.15, 0.2) is 5.11 Å². The van der Waals surface area contributed by atoms with Crippen LogP contribution in [0.4, 0.5) is 11.4 Å². The lowest BCUT2D eigenvalue weighted by atomic mass is 10.2. The van der Waals surface area contributed by atoms with Gasteiger partial charge in [-0.15, -0.1) is 11.8 Å². The van der Waals surface area contributed by atoms with E-state index in [1.807, 2.05) is 37.3 Å². The van der Waals surface area contributed by atoms with E-state index in [9.17, 15) is 0 Å². The van der Waals surface area contributed by atoms with E-state index in [0.717, 1.165) is 22.0 Å². The molecule has 5 heteroatoms. The summed E-state index contributed by atoms with van der Waals surface area (Å²) in [5, 5.41) is 7.59. The third-order valence-electron chi connectivity index (χ3n) is 2.86. The van der Waals surface area contributed by atoms with Crippen molar-refractivity contribution in [2.75, 3.05) is 16.9 Å². The molecular weight excluding hydrogens is 308 g/mol. The number of thioether (sulfide) groups is 1. The van der Waals surface area contributed by atoms with E-state index in [1.54, 1.807) is 11.8 Å². The largest absolute Gasteiger partial charge is 0.332 e. The maximum atomic E-state index is 6.08. The van der Waals surface area contributed by atoms with Crippen molar-refractivity contribution in [3.63, 3.8) is 0 Å². The molecule has 0 aromatic heterocycles. The Morgan fingerprint density at radius 2 is 1.80 bits per heavy atom. The van der Waals surface area contributed by atoms with Gasteiger partial charge in [-0.2, -0.15) is 0 Å². The van der Waals surface area contributed by atoms with Crippen molar-refractivity contribution in [1.82, 2.24) is 0 Å². The molecule has 0 spiro atoms. The maximum Gasteiger partial charge on any atom is 0.175 e. The topological polar surface area (TPSA) is 24.1 Å². The fourth-order valence-corrected chi connectivity index (χ4v) is 2.51. The molecule has 2 N–H and O–H groups in total. The van der Waals surface area contributed by atoms with E-state index < -0.39 is 0 Å². The lowest BCUT2D eigenvalue weighted by molar-refractivity contribution is 1.44. The predicted octanol–water partition coefficient (Wildman–Crippen LogP) is 5.18. The SMILES string of the molecule is CSc1ccc(NC(=S)Nc2cccc(Cl)c2C)cc1. The third kappa shape index (κ3) is 3.88. The molecule has 0 radical (unpaired) electrons. The number of nitrogens with one attached hydrogen (secondary N) is 2. The molecule has 2 aromatic carbocycles. The molecule has 0 atom stereocenters. The molecule has 20 heavy (non-hydrogen) atoms. The van der Waals surface area contributed by atoms with Gasteiger partial charge in [0.2, 0.25) is 0 Å². The molecule has 2 rings (SSSR count). The normalized spacial score (nSPS) is 10.2. The summed E-state index contributed by atoms with van der Waals surface area (Å²) < 4.78 is 0. The van der Waals surface area contributed by atoms with Crippen LogP contribution in [-0.4, -0.2) is 11.4 Å². The summed E-state index contributed by atoms with van der Waals surface area (Å²) in [5.74, 6) is 0. The highest BCUT2D eigenvalue weighted by Crippen LogP contribution is 2.23. The second kappa shape index (κ2) is 6.97. The zero-order valence-corrected chi connectivity index (χ0v) is 13.6. The van der Waals surface area contributed by atoms with Crippen molar-refractivity contribution in [3.8, 4) is 0 Å².